The van der Waals surface area contributed by atoms with Gasteiger partial charge in [0.25, 0.3) is 5.95 Å². The van der Waals surface area contributed by atoms with E-state index in [9.17, 15) is 4.79 Å². The Morgan fingerprint density at radius 3 is 2.68 bits per heavy atom. The third kappa shape index (κ3) is 3.26. The number of aromatic amines is 1. The van der Waals surface area contributed by atoms with Crippen molar-refractivity contribution in [2.24, 2.45) is 10.2 Å². The Kier molecular flexibility index (Phi) is 4.32. The zero-order valence-electron chi connectivity index (χ0n) is 13.6. The fraction of sp³-hybridized carbons (Fsp3) is 0.200. The number of carbonyl (C=O) groups is 1. The number of halogens is 1. The lowest BCUT2D eigenvalue weighted by molar-refractivity contribution is 0.0684. The van der Waals surface area contributed by atoms with Crippen molar-refractivity contribution in [3.8, 4) is 5.69 Å². The van der Waals surface area contributed by atoms with E-state index in [2.05, 4.69) is 30.5 Å². The largest absolute Gasteiger partial charge is 0.475 e. The maximum absolute atomic E-state index is 10.8. The molecule has 9 nitrogen and oxygen atoms in total. The van der Waals surface area contributed by atoms with Gasteiger partial charge >= 0.3 is 5.97 Å². The van der Waals surface area contributed by atoms with Crippen molar-refractivity contribution in [3.05, 3.63) is 46.0 Å². The molecule has 0 aliphatic heterocycles. The van der Waals surface area contributed by atoms with Crippen molar-refractivity contribution >= 4 is 29.2 Å². The van der Waals surface area contributed by atoms with Crippen LogP contribution < -0.4 is 0 Å². The molecule has 10 heteroatoms. The molecule has 0 aliphatic carbocycles. The highest BCUT2D eigenvalue weighted by atomic mass is 35.5. The van der Waals surface area contributed by atoms with Crippen LogP contribution in [-0.4, -0.2) is 36.0 Å². The normalized spacial score (nSPS) is 11.4. The highest BCUT2D eigenvalue weighted by molar-refractivity contribution is 6.31. The molecule has 2 heterocycles. The summed E-state index contributed by atoms with van der Waals surface area (Å²) in [6.07, 6.45) is 0. The van der Waals surface area contributed by atoms with E-state index in [-0.39, 0.29) is 11.8 Å². The topological polar surface area (TPSA) is 121 Å². The number of nitrogens with one attached hydrogen (secondary N) is 1. The molecule has 0 amide bonds. The minimum atomic E-state index is -1.22. The lowest BCUT2D eigenvalue weighted by atomic mass is 10.2. The predicted octanol–water partition coefficient (Wildman–Crippen LogP) is 3.68. The summed E-state index contributed by atoms with van der Waals surface area (Å²) in [6, 6.07) is 5.65. The van der Waals surface area contributed by atoms with Gasteiger partial charge < -0.3 is 5.11 Å². The first kappa shape index (κ1) is 16.8. The smallest absolute Gasteiger partial charge is 0.373 e. The first-order valence-electron chi connectivity index (χ1n) is 7.27. The summed E-state index contributed by atoms with van der Waals surface area (Å²) in [6.45, 7) is 5.58. The fourth-order valence-corrected chi connectivity index (χ4v) is 2.41. The van der Waals surface area contributed by atoms with Crippen molar-refractivity contribution in [1.82, 2.24) is 25.0 Å². The molecule has 0 radical (unpaired) electrons. The van der Waals surface area contributed by atoms with E-state index < -0.39 is 5.97 Å². The van der Waals surface area contributed by atoms with Gasteiger partial charge in [0.15, 0.2) is 0 Å². The minimum Gasteiger partial charge on any atom is -0.475 e. The Morgan fingerprint density at radius 2 is 2.04 bits per heavy atom. The summed E-state index contributed by atoms with van der Waals surface area (Å²) >= 11 is 6.18. The van der Waals surface area contributed by atoms with Crippen LogP contribution >= 0.6 is 11.6 Å². The summed E-state index contributed by atoms with van der Waals surface area (Å²) in [5.74, 6) is -1.58. The number of hydrogen-bond acceptors (Lipinski definition) is 6. The van der Waals surface area contributed by atoms with E-state index in [4.69, 9.17) is 16.7 Å². The number of carboxylic acid groups (broad SMARTS) is 1. The molecule has 0 unspecified atom stereocenters. The van der Waals surface area contributed by atoms with Gasteiger partial charge in [-0.3, -0.25) is 5.10 Å². The van der Waals surface area contributed by atoms with E-state index in [0.29, 0.717) is 16.4 Å². The quantitative estimate of drug-likeness (QED) is 0.688. The van der Waals surface area contributed by atoms with Gasteiger partial charge in [-0.1, -0.05) is 17.7 Å². The van der Waals surface area contributed by atoms with Crippen molar-refractivity contribution in [1.29, 1.82) is 0 Å². The van der Waals surface area contributed by atoms with Gasteiger partial charge in [-0.2, -0.15) is 10.1 Å². The molecule has 0 fully saturated rings. The van der Waals surface area contributed by atoms with E-state index in [1.807, 2.05) is 32.0 Å². The molecule has 1 aromatic carbocycles. The Labute approximate surface area is 147 Å². The molecule has 2 aromatic heterocycles. The van der Waals surface area contributed by atoms with Crippen LogP contribution in [0.25, 0.3) is 5.69 Å². The first-order valence-corrected chi connectivity index (χ1v) is 7.65. The molecular formula is C15H14ClN7O2. The number of aromatic carboxylic acids is 1. The Hall–Kier alpha value is -3.07. The zero-order valence-corrected chi connectivity index (χ0v) is 14.4. The van der Waals surface area contributed by atoms with E-state index in [1.54, 1.807) is 11.6 Å². The molecule has 0 saturated carbocycles. The molecule has 3 aromatic rings. The number of azo groups is 1. The average molecular weight is 360 g/mol. The molecular weight excluding hydrogens is 346 g/mol. The lowest BCUT2D eigenvalue weighted by Gasteiger charge is -2.06. The number of rotatable bonds is 4. The summed E-state index contributed by atoms with van der Waals surface area (Å²) in [5.41, 5.74) is 3.76. The van der Waals surface area contributed by atoms with Crippen LogP contribution in [0.3, 0.4) is 0 Å². The molecule has 0 spiro atoms. The summed E-state index contributed by atoms with van der Waals surface area (Å²) < 4.78 is 1.72. The fourth-order valence-electron chi connectivity index (χ4n) is 2.23. The molecule has 3 rings (SSSR count). The van der Waals surface area contributed by atoms with E-state index in [0.717, 1.165) is 16.9 Å². The number of benzene rings is 1. The summed E-state index contributed by atoms with van der Waals surface area (Å²) in [5, 5.41) is 27.8. The van der Waals surface area contributed by atoms with Gasteiger partial charge in [0.05, 0.1) is 17.1 Å². The van der Waals surface area contributed by atoms with Crippen LogP contribution in [0.1, 0.15) is 27.6 Å². The third-order valence-electron chi connectivity index (χ3n) is 3.57. The van der Waals surface area contributed by atoms with Gasteiger partial charge in [-0.25, -0.2) is 9.48 Å². The standard InChI is InChI=1S/C15H14ClN7O2/c1-7-4-5-10(6-11(7)16)23-9(3)12(8(2)22-23)18-20-15-17-13(14(24)25)19-21-15/h4-6H,1-3H3,(H,24,25)(H,17,19,21). The van der Waals surface area contributed by atoms with E-state index >= 15 is 0 Å². The predicted molar refractivity (Wildman–Crippen MR) is 90.3 cm³/mol. The average Bonchev–Trinajstić information content (AvgIpc) is 3.14. The highest BCUT2D eigenvalue weighted by Crippen LogP contribution is 2.28. The van der Waals surface area contributed by atoms with Crippen LogP contribution in [0, 0.1) is 20.8 Å². The van der Waals surface area contributed by atoms with Crippen LogP contribution in [0.5, 0.6) is 0 Å². The number of carboxylic acids is 1. The lowest BCUT2D eigenvalue weighted by Crippen LogP contribution is -1.99. The number of H-pyrrole nitrogens is 1. The van der Waals surface area contributed by atoms with Gasteiger partial charge in [-0.05, 0) is 38.5 Å². The summed E-state index contributed by atoms with van der Waals surface area (Å²) in [4.78, 5) is 14.5. The maximum Gasteiger partial charge on any atom is 0.373 e. The summed E-state index contributed by atoms with van der Waals surface area (Å²) in [7, 11) is 0. The Balaban J connectivity index is 1.95. The molecule has 0 atom stereocenters. The van der Waals surface area contributed by atoms with Crippen LogP contribution in [-0.2, 0) is 0 Å². The van der Waals surface area contributed by atoms with Crippen LogP contribution in [0.2, 0.25) is 5.02 Å². The SMILES string of the molecule is Cc1ccc(-n2nc(C)c(N=Nc3n[nH]c(C(=O)O)n3)c2C)cc1Cl. The number of nitrogens with zero attached hydrogens (tertiary/aromatic N) is 6. The number of aromatic nitrogens is 5. The highest BCUT2D eigenvalue weighted by Gasteiger charge is 2.14. The zero-order chi connectivity index (χ0) is 18.1. The van der Waals surface area contributed by atoms with Crippen LogP contribution in [0.15, 0.2) is 28.4 Å². The van der Waals surface area contributed by atoms with Crippen LogP contribution in [0.4, 0.5) is 11.6 Å². The third-order valence-corrected chi connectivity index (χ3v) is 3.98. The maximum atomic E-state index is 10.8. The Bertz CT molecular complexity index is 990. The van der Waals surface area contributed by atoms with Crippen molar-refractivity contribution in [2.75, 3.05) is 0 Å². The second kappa shape index (κ2) is 6.44. The monoisotopic (exact) mass is 359 g/mol. The van der Waals surface area contributed by atoms with Gasteiger partial charge in [0.1, 0.15) is 5.69 Å². The first-order chi connectivity index (χ1) is 11.9. The minimum absolute atomic E-state index is 0.0673. The van der Waals surface area contributed by atoms with Gasteiger partial charge in [-0.15, -0.1) is 15.3 Å². The second-order valence-corrected chi connectivity index (χ2v) is 5.76. The Morgan fingerprint density at radius 1 is 1.28 bits per heavy atom. The number of aryl methyl sites for hydroxylation is 2. The molecule has 0 bridgehead atoms. The van der Waals surface area contributed by atoms with Crippen molar-refractivity contribution < 1.29 is 9.90 Å². The van der Waals surface area contributed by atoms with Gasteiger partial charge in [0.2, 0.25) is 5.82 Å². The van der Waals surface area contributed by atoms with Crippen molar-refractivity contribution in [2.45, 2.75) is 20.8 Å². The van der Waals surface area contributed by atoms with E-state index in [1.165, 1.54) is 0 Å². The second-order valence-electron chi connectivity index (χ2n) is 5.35. The number of hydrogen-bond donors (Lipinski definition) is 2. The molecule has 0 aliphatic rings. The molecule has 25 heavy (non-hydrogen) atoms. The van der Waals surface area contributed by atoms with Gasteiger partial charge in [0, 0.05) is 5.02 Å². The van der Waals surface area contributed by atoms with Crippen molar-refractivity contribution in [3.63, 3.8) is 0 Å². The molecule has 2 N–H and O–H groups in total. The molecule has 0 saturated heterocycles. The molecule has 128 valence electrons.